The Morgan fingerprint density at radius 1 is 0.850 bits per heavy atom. The zero-order valence-corrected chi connectivity index (χ0v) is 12.7. The molecule has 1 amide bonds. The third-order valence-corrected chi connectivity index (χ3v) is 3.21. The molecule has 0 saturated heterocycles. The molecule has 0 heterocycles. The highest BCUT2D eigenvalue weighted by Crippen LogP contribution is 2.10. The van der Waals surface area contributed by atoms with Crippen LogP contribution in [-0.2, 0) is 9.59 Å². The van der Waals surface area contributed by atoms with Crippen LogP contribution >= 0.6 is 0 Å². The van der Waals surface area contributed by atoms with Crippen LogP contribution in [0.15, 0.2) is 12.2 Å². The number of carbonyl (C=O) groups excluding carboxylic acids is 1. The van der Waals surface area contributed by atoms with Crippen molar-refractivity contribution in [2.45, 2.75) is 71.1 Å². The minimum atomic E-state index is -1.10. The Bertz CT molecular complexity index is 287. The second-order valence-corrected chi connectivity index (χ2v) is 5.14. The highest BCUT2D eigenvalue weighted by Gasteiger charge is 1.96. The predicted octanol–water partition coefficient (Wildman–Crippen LogP) is 3.66. The molecule has 20 heavy (non-hydrogen) atoms. The first-order chi connectivity index (χ1) is 9.66. The summed E-state index contributed by atoms with van der Waals surface area (Å²) in [5, 5.41) is 11.0. The maximum Gasteiger partial charge on any atom is 0.328 e. The molecule has 0 fully saturated rings. The molecule has 0 bridgehead atoms. The van der Waals surface area contributed by atoms with E-state index < -0.39 is 5.97 Å². The Kier molecular flexibility index (Phi) is 13.2. The lowest BCUT2D eigenvalue weighted by atomic mass is 10.1. The molecule has 116 valence electrons. The number of carbonyl (C=O) groups is 2. The number of hydrogen-bond acceptors (Lipinski definition) is 2. The lowest BCUT2D eigenvalue weighted by molar-refractivity contribution is -0.131. The van der Waals surface area contributed by atoms with Gasteiger partial charge in [0.15, 0.2) is 0 Å². The number of carboxylic acid groups (broad SMARTS) is 1. The molecule has 0 radical (unpaired) electrons. The first-order valence-corrected chi connectivity index (χ1v) is 7.85. The van der Waals surface area contributed by atoms with Crippen molar-refractivity contribution in [2.24, 2.45) is 0 Å². The summed E-state index contributed by atoms with van der Waals surface area (Å²) in [6.07, 6.45) is 14.5. The van der Waals surface area contributed by atoms with E-state index >= 15 is 0 Å². The van der Waals surface area contributed by atoms with E-state index in [1.807, 2.05) is 0 Å². The van der Waals surface area contributed by atoms with E-state index in [1.165, 1.54) is 51.4 Å². The molecule has 4 heteroatoms. The van der Waals surface area contributed by atoms with Gasteiger partial charge in [-0.2, -0.15) is 0 Å². The Morgan fingerprint density at radius 2 is 1.35 bits per heavy atom. The van der Waals surface area contributed by atoms with Crippen molar-refractivity contribution < 1.29 is 14.7 Å². The van der Waals surface area contributed by atoms with E-state index in [9.17, 15) is 9.59 Å². The minimum absolute atomic E-state index is 0.330. The maximum atomic E-state index is 11.1. The van der Waals surface area contributed by atoms with Crippen molar-refractivity contribution in [2.75, 3.05) is 6.54 Å². The van der Waals surface area contributed by atoms with Gasteiger partial charge in [0.2, 0.25) is 5.91 Å². The average molecular weight is 283 g/mol. The average Bonchev–Trinajstić information content (AvgIpc) is 2.42. The zero-order valence-electron chi connectivity index (χ0n) is 12.7. The molecule has 0 aliphatic rings. The number of nitrogens with one attached hydrogen (secondary N) is 1. The van der Waals surface area contributed by atoms with Gasteiger partial charge in [-0.25, -0.2) is 4.79 Å². The number of rotatable bonds is 13. The van der Waals surface area contributed by atoms with Crippen molar-refractivity contribution in [3.8, 4) is 0 Å². The molecule has 4 nitrogen and oxygen atoms in total. The number of amides is 1. The minimum Gasteiger partial charge on any atom is -0.478 e. The topological polar surface area (TPSA) is 66.4 Å². The second kappa shape index (κ2) is 14.1. The van der Waals surface area contributed by atoms with Gasteiger partial charge in [0.05, 0.1) is 0 Å². The quantitative estimate of drug-likeness (QED) is 0.400. The summed E-state index contributed by atoms with van der Waals surface area (Å²) in [6.45, 7) is 2.86. The van der Waals surface area contributed by atoms with Crippen LogP contribution in [0.5, 0.6) is 0 Å². The molecule has 0 spiro atoms. The van der Waals surface area contributed by atoms with Crippen LogP contribution in [0.4, 0.5) is 0 Å². The largest absolute Gasteiger partial charge is 0.478 e. The van der Waals surface area contributed by atoms with Crippen LogP contribution in [0.3, 0.4) is 0 Å². The number of carboxylic acids is 1. The van der Waals surface area contributed by atoms with E-state index in [0.29, 0.717) is 6.54 Å². The SMILES string of the molecule is CCCCCCCCCCCCNC(=O)/C=C/C(=O)O. The highest BCUT2D eigenvalue weighted by atomic mass is 16.4. The van der Waals surface area contributed by atoms with Crippen molar-refractivity contribution in [1.29, 1.82) is 0 Å². The van der Waals surface area contributed by atoms with Crippen LogP contribution < -0.4 is 5.32 Å². The molecular weight excluding hydrogens is 254 g/mol. The van der Waals surface area contributed by atoms with Crippen LogP contribution in [0.2, 0.25) is 0 Å². The molecule has 0 saturated carbocycles. The van der Waals surface area contributed by atoms with Crippen LogP contribution in [0.25, 0.3) is 0 Å². The van der Waals surface area contributed by atoms with Gasteiger partial charge in [0.1, 0.15) is 0 Å². The van der Waals surface area contributed by atoms with Crippen LogP contribution in [-0.4, -0.2) is 23.5 Å². The monoisotopic (exact) mass is 283 g/mol. The predicted molar refractivity (Wildman–Crippen MR) is 81.6 cm³/mol. The third-order valence-electron chi connectivity index (χ3n) is 3.21. The van der Waals surface area contributed by atoms with Gasteiger partial charge in [0, 0.05) is 18.7 Å². The summed E-state index contributed by atoms with van der Waals surface area (Å²) in [4.78, 5) is 21.3. The number of aliphatic carboxylic acids is 1. The Balaban J connectivity index is 3.20. The first-order valence-electron chi connectivity index (χ1n) is 7.85. The maximum absolute atomic E-state index is 11.1. The van der Waals surface area contributed by atoms with Crippen molar-refractivity contribution in [3.63, 3.8) is 0 Å². The van der Waals surface area contributed by atoms with E-state index in [-0.39, 0.29) is 5.91 Å². The number of unbranched alkanes of at least 4 members (excludes halogenated alkanes) is 9. The molecule has 0 unspecified atom stereocenters. The van der Waals surface area contributed by atoms with Gasteiger partial charge >= 0.3 is 5.97 Å². The Morgan fingerprint density at radius 3 is 1.85 bits per heavy atom. The summed E-state index contributed by atoms with van der Waals surface area (Å²) in [6, 6.07) is 0. The van der Waals surface area contributed by atoms with Crippen LogP contribution in [0, 0.1) is 0 Å². The van der Waals surface area contributed by atoms with Gasteiger partial charge in [-0.3, -0.25) is 4.79 Å². The molecule has 0 aromatic rings. The van der Waals surface area contributed by atoms with Crippen molar-refractivity contribution in [1.82, 2.24) is 5.32 Å². The summed E-state index contributed by atoms with van der Waals surface area (Å²) >= 11 is 0. The zero-order chi connectivity index (χ0) is 15.1. The van der Waals surface area contributed by atoms with E-state index in [4.69, 9.17) is 5.11 Å². The van der Waals surface area contributed by atoms with Crippen LogP contribution in [0.1, 0.15) is 71.1 Å². The van der Waals surface area contributed by atoms with E-state index in [1.54, 1.807) is 0 Å². The summed E-state index contributed by atoms with van der Waals surface area (Å²) in [5.74, 6) is -1.43. The standard InChI is InChI=1S/C16H29NO3/c1-2-3-4-5-6-7-8-9-10-11-14-17-15(18)12-13-16(19)20/h12-13H,2-11,14H2,1H3,(H,17,18)(H,19,20)/b13-12+. The summed E-state index contributed by atoms with van der Waals surface area (Å²) < 4.78 is 0. The molecule has 0 aromatic carbocycles. The van der Waals surface area contributed by atoms with Gasteiger partial charge in [-0.15, -0.1) is 0 Å². The Hall–Kier alpha value is -1.32. The fraction of sp³-hybridized carbons (Fsp3) is 0.750. The number of hydrogen-bond donors (Lipinski definition) is 2. The normalized spacial score (nSPS) is 10.8. The summed E-state index contributed by atoms with van der Waals surface area (Å²) in [7, 11) is 0. The van der Waals surface area contributed by atoms with Gasteiger partial charge in [0.25, 0.3) is 0 Å². The fourth-order valence-electron chi connectivity index (χ4n) is 2.03. The van der Waals surface area contributed by atoms with E-state index in [2.05, 4.69) is 12.2 Å². The highest BCUT2D eigenvalue weighted by molar-refractivity contribution is 5.93. The molecule has 2 N–H and O–H groups in total. The second-order valence-electron chi connectivity index (χ2n) is 5.14. The summed E-state index contributed by atoms with van der Waals surface area (Å²) in [5.41, 5.74) is 0. The lowest BCUT2D eigenvalue weighted by Gasteiger charge is -2.03. The van der Waals surface area contributed by atoms with Gasteiger partial charge in [-0.05, 0) is 6.42 Å². The van der Waals surface area contributed by atoms with Gasteiger partial charge < -0.3 is 10.4 Å². The van der Waals surface area contributed by atoms with E-state index in [0.717, 1.165) is 25.0 Å². The molecule has 0 aliphatic heterocycles. The first kappa shape index (κ1) is 18.7. The van der Waals surface area contributed by atoms with Crippen molar-refractivity contribution in [3.05, 3.63) is 12.2 Å². The lowest BCUT2D eigenvalue weighted by Crippen LogP contribution is -2.22. The van der Waals surface area contributed by atoms with Crippen molar-refractivity contribution >= 4 is 11.9 Å². The fourth-order valence-corrected chi connectivity index (χ4v) is 2.03. The smallest absolute Gasteiger partial charge is 0.328 e. The molecule has 0 aromatic heterocycles. The molecular formula is C16H29NO3. The molecule has 0 aliphatic carbocycles. The van der Waals surface area contributed by atoms with Gasteiger partial charge in [-0.1, -0.05) is 64.7 Å². The molecule has 0 rings (SSSR count). The third kappa shape index (κ3) is 14.7. The molecule has 0 atom stereocenters. The Labute approximate surface area is 122 Å².